The van der Waals surface area contributed by atoms with E-state index in [0.29, 0.717) is 11.8 Å². The van der Waals surface area contributed by atoms with Crippen molar-refractivity contribution in [3.05, 3.63) is 34.4 Å². The lowest BCUT2D eigenvalue weighted by Gasteiger charge is -2.10. The van der Waals surface area contributed by atoms with Gasteiger partial charge in [0.1, 0.15) is 0 Å². The Morgan fingerprint density at radius 1 is 1.27 bits per heavy atom. The summed E-state index contributed by atoms with van der Waals surface area (Å²) in [6.45, 7) is 3.89. The molecule has 0 bridgehead atoms. The summed E-state index contributed by atoms with van der Waals surface area (Å²) in [4.78, 5) is 6.56. The molecule has 0 aliphatic carbocycles. The van der Waals surface area contributed by atoms with Gasteiger partial charge in [-0.3, -0.25) is 0 Å². The molecule has 7 heteroatoms. The van der Waals surface area contributed by atoms with Crippen LogP contribution in [-0.4, -0.2) is 47.3 Å². The third kappa shape index (κ3) is 5.23. The Morgan fingerprint density at radius 2 is 2.09 bits per heavy atom. The van der Waals surface area contributed by atoms with Gasteiger partial charge < -0.3 is 15.5 Å². The van der Waals surface area contributed by atoms with Crippen LogP contribution in [0.3, 0.4) is 0 Å². The van der Waals surface area contributed by atoms with Crippen molar-refractivity contribution >= 4 is 33.4 Å². The molecule has 0 fully saturated rings. The van der Waals surface area contributed by atoms with Gasteiger partial charge in [0.25, 0.3) is 0 Å². The number of hydrogen-bond donors (Lipinski definition) is 2. The molecule has 2 aromatic rings. The van der Waals surface area contributed by atoms with E-state index >= 15 is 0 Å². The monoisotopic (exact) mass is 364 g/mol. The minimum Gasteiger partial charge on any atom is -0.353 e. The number of nitrogens with one attached hydrogen (secondary N) is 2. The fourth-order valence-corrected chi connectivity index (χ4v) is 2.23. The van der Waals surface area contributed by atoms with Crippen LogP contribution in [0.15, 0.2) is 28.9 Å². The van der Waals surface area contributed by atoms with E-state index in [4.69, 9.17) is 0 Å². The highest BCUT2D eigenvalue weighted by Crippen LogP contribution is 2.22. The Labute approximate surface area is 139 Å². The third-order valence-corrected chi connectivity index (χ3v) is 3.92. The summed E-state index contributed by atoms with van der Waals surface area (Å²) in [7, 11) is 4.12. The Balaban J connectivity index is 1.94. The molecule has 0 radical (unpaired) electrons. The summed E-state index contributed by atoms with van der Waals surface area (Å²) < 4.78 is 1.06. The number of aromatic nitrogens is 3. The van der Waals surface area contributed by atoms with Gasteiger partial charge in [-0.1, -0.05) is 22.0 Å². The lowest BCUT2D eigenvalue weighted by molar-refractivity contribution is 0.405. The second-order valence-electron chi connectivity index (χ2n) is 5.34. The Bertz CT molecular complexity index is 617. The van der Waals surface area contributed by atoms with Crippen molar-refractivity contribution in [2.75, 3.05) is 37.8 Å². The molecule has 0 spiro atoms. The zero-order chi connectivity index (χ0) is 15.9. The van der Waals surface area contributed by atoms with Crippen LogP contribution in [0.5, 0.6) is 0 Å². The van der Waals surface area contributed by atoms with E-state index < -0.39 is 0 Å². The Kier molecular flexibility index (Phi) is 6.09. The number of benzene rings is 1. The molecule has 0 amide bonds. The molecule has 1 aromatic heterocycles. The molecule has 2 rings (SSSR count). The average molecular weight is 365 g/mol. The van der Waals surface area contributed by atoms with E-state index in [1.54, 1.807) is 6.20 Å². The van der Waals surface area contributed by atoms with E-state index in [-0.39, 0.29) is 0 Å². The summed E-state index contributed by atoms with van der Waals surface area (Å²) in [5.74, 6) is 1.20. The number of nitrogens with zero attached hydrogens (tertiary/aromatic N) is 4. The Hall–Kier alpha value is -1.73. The van der Waals surface area contributed by atoms with Crippen LogP contribution in [0.2, 0.25) is 0 Å². The summed E-state index contributed by atoms with van der Waals surface area (Å²) in [6.07, 6.45) is 2.64. The normalized spacial score (nSPS) is 10.8. The summed E-state index contributed by atoms with van der Waals surface area (Å²) >= 11 is 3.52. The maximum atomic E-state index is 4.41. The molecular formula is C15H21BrN6. The molecule has 0 atom stereocenters. The van der Waals surface area contributed by atoms with Gasteiger partial charge in [-0.2, -0.15) is 10.1 Å². The van der Waals surface area contributed by atoms with Crippen LogP contribution in [0.25, 0.3) is 0 Å². The first-order chi connectivity index (χ1) is 10.5. The summed E-state index contributed by atoms with van der Waals surface area (Å²) in [5, 5.41) is 14.4. The third-order valence-electron chi connectivity index (χ3n) is 3.07. The van der Waals surface area contributed by atoms with Crippen molar-refractivity contribution in [1.82, 2.24) is 20.1 Å². The summed E-state index contributed by atoms with van der Waals surface area (Å²) in [5.41, 5.74) is 2.14. The van der Waals surface area contributed by atoms with E-state index in [1.807, 2.05) is 18.2 Å². The maximum Gasteiger partial charge on any atom is 0.244 e. The van der Waals surface area contributed by atoms with E-state index in [2.05, 4.69) is 67.7 Å². The van der Waals surface area contributed by atoms with Gasteiger partial charge in [0, 0.05) is 16.7 Å². The van der Waals surface area contributed by atoms with Crippen molar-refractivity contribution in [3.63, 3.8) is 0 Å². The highest BCUT2D eigenvalue weighted by molar-refractivity contribution is 9.10. The summed E-state index contributed by atoms with van der Waals surface area (Å²) in [6, 6.07) is 6.06. The maximum absolute atomic E-state index is 4.41. The smallest absolute Gasteiger partial charge is 0.244 e. The quantitative estimate of drug-likeness (QED) is 0.736. The van der Waals surface area contributed by atoms with Crippen molar-refractivity contribution < 1.29 is 0 Å². The number of anilines is 3. The van der Waals surface area contributed by atoms with Crippen LogP contribution < -0.4 is 10.6 Å². The highest BCUT2D eigenvalue weighted by Gasteiger charge is 2.02. The predicted octanol–water partition coefficient (Wildman–Crippen LogP) is 3.05. The van der Waals surface area contributed by atoms with Crippen LogP contribution in [-0.2, 0) is 0 Å². The van der Waals surface area contributed by atoms with Gasteiger partial charge in [-0.15, -0.1) is 5.10 Å². The number of halogens is 1. The van der Waals surface area contributed by atoms with Crippen molar-refractivity contribution in [1.29, 1.82) is 0 Å². The topological polar surface area (TPSA) is 66.0 Å². The first-order valence-electron chi connectivity index (χ1n) is 7.16. The lowest BCUT2D eigenvalue weighted by Crippen LogP contribution is -2.17. The van der Waals surface area contributed by atoms with Gasteiger partial charge in [-0.05, 0) is 51.7 Å². The molecule has 118 valence electrons. The molecule has 0 saturated carbocycles. The van der Waals surface area contributed by atoms with Gasteiger partial charge in [0.15, 0.2) is 5.82 Å². The molecular weight excluding hydrogens is 344 g/mol. The molecule has 0 saturated heterocycles. The fraction of sp³-hybridized carbons (Fsp3) is 0.400. The van der Waals surface area contributed by atoms with E-state index in [1.165, 1.54) is 5.56 Å². The molecule has 0 aliphatic rings. The number of hydrogen-bond acceptors (Lipinski definition) is 6. The van der Waals surface area contributed by atoms with Crippen molar-refractivity contribution in [2.45, 2.75) is 13.3 Å². The zero-order valence-electron chi connectivity index (χ0n) is 13.1. The zero-order valence-corrected chi connectivity index (χ0v) is 14.7. The second-order valence-corrected chi connectivity index (χ2v) is 6.19. The standard InChI is InChI=1S/C15H21BrN6/c1-11-5-6-12(9-13(11)16)19-14-10-18-21-15(20-14)17-7-4-8-22(2)3/h5-6,9-10H,4,7-8H2,1-3H3,(H2,17,19,20,21). The van der Waals surface area contributed by atoms with Crippen LogP contribution in [0.1, 0.15) is 12.0 Å². The molecule has 22 heavy (non-hydrogen) atoms. The first kappa shape index (κ1) is 16.6. The van der Waals surface area contributed by atoms with Crippen LogP contribution in [0.4, 0.5) is 17.5 Å². The Morgan fingerprint density at radius 3 is 2.82 bits per heavy atom. The van der Waals surface area contributed by atoms with Crippen LogP contribution >= 0.6 is 15.9 Å². The SMILES string of the molecule is Cc1ccc(Nc2cnnc(NCCCN(C)C)n2)cc1Br. The number of aryl methyl sites for hydroxylation is 1. The molecule has 2 N–H and O–H groups in total. The number of rotatable bonds is 7. The van der Waals surface area contributed by atoms with Gasteiger partial charge in [0.2, 0.25) is 5.95 Å². The van der Waals surface area contributed by atoms with E-state index in [9.17, 15) is 0 Å². The fourth-order valence-electron chi connectivity index (χ4n) is 1.85. The van der Waals surface area contributed by atoms with Crippen molar-refractivity contribution in [2.24, 2.45) is 0 Å². The van der Waals surface area contributed by atoms with Crippen LogP contribution in [0, 0.1) is 6.92 Å². The largest absolute Gasteiger partial charge is 0.353 e. The first-order valence-corrected chi connectivity index (χ1v) is 7.95. The second kappa shape index (κ2) is 8.05. The molecule has 0 aliphatic heterocycles. The highest BCUT2D eigenvalue weighted by atomic mass is 79.9. The van der Waals surface area contributed by atoms with Gasteiger partial charge >= 0.3 is 0 Å². The molecule has 1 heterocycles. The lowest BCUT2D eigenvalue weighted by atomic mass is 10.2. The predicted molar refractivity (Wildman–Crippen MR) is 93.6 cm³/mol. The molecule has 1 aromatic carbocycles. The molecule has 6 nitrogen and oxygen atoms in total. The molecule has 0 unspecified atom stereocenters. The average Bonchev–Trinajstić information content (AvgIpc) is 2.48. The van der Waals surface area contributed by atoms with E-state index in [0.717, 1.165) is 29.7 Å². The van der Waals surface area contributed by atoms with Crippen molar-refractivity contribution in [3.8, 4) is 0 Å². The van der Waals surface area contributed by atoms with Gasteiger partial charge in [-0.25, -0.2) is 0 Å². The minimum absolute atomic E-state index is 0.537. The van der Waals surface area contributed by atoms with Gasteiger partial charge in [0.05, 0.1) is 6.20 Å². The minimum atomic E-state index is 0.537.